The zero-order valence-corrected chi connectivity index (χ0v) is 20.6. The van der Waals surface area contributed by atoms with Crippen molar-refractivity contribution in [1.29, 1.82) is 0 Å². The fourth-order valence-corrected chi connectivity index (χ4v) is 5.77. The fourth-order valence-electron chi connectivity index (χ4n) is 5.77. The number of hydrogen-bond donors (Lipinski definition) is 2. The Balaban J connectivity index is 1.41. The second-order valence-corrected chi connectivity index (χ2v) is 10.1. The van der Waals surface area contributed by atoms with Crippen LogP contribution in [0, 0.1) is 20.8 Å². The second-order valence-electron chi connectivity index (χ2n) is 10.1. The Labute approximate surface area is 205 Å². The Morgan fingerprint density at radius 3 is 2.66 bits per heavy atom. The molecule has 6 rings (SSSR count). The van der Waals surface area contributed by atoms with E-state index in [1.165, 1.54) is 34.2 Å². The molecule has 0 saturated carbocycles. The van der Waals surface area contributed by atoms with Crippen molar-refractivity contribution in [3.8, 4) is 11.1 Å². The van der Waals surface area contributed by atoms with Crippen molar-refractivity contribution < 1.29 is 4.79 Å². The SMILES string of the molecule is Cc1cc(C(=O)N2CCc3c(cc(-c4cnc5[nH]cc(C)c5c4)cc3[C@@H]3CCCN3)C2)cc(C)n1. The maximum atomic E-state index is 13.4. The number of nitrogens with one attached hydrogen (secondary N) is 2. The summed E-state index contributed by atoms with van der Waals surface area (Å²) in [5, 5.41) is 4.85. The van der Waals surface area contributed by atoms with Crippen molar-refractivity contribution in [3.05, 3.63) is 81.9 Å². The molecule has 0 spiro atoms. The summed E-state index contributed by atoms with van der Waals surface area (Å²) in [6.07, 6.45) is 7.20. The van der Waals surface area contributed by atoms with Crippen LogP contribution >= 0.6 is 0 Å². The quantitative estimate of drug-likeness (QED) is 0.438. The molecule has 1 aromatic carbocycles. The molecular formula is C29H31N5O. The lowest BCUT2D eigenvalue weighted by Crippen LogP contribution is -2.37. The van der Waals surface area contributed by atoms with Crippen LogP contribution in [-0.2, 0) is 13.0 Å². The molecule has 0 bridgehead atoms. The molecule has 2 aliphatic heterocycles. The first-order chi connectivity index (χ1) is 17.0. The summed E-state index contributed by atoms with van der Waals surface area (Å²) in [7, 11) is 0. The van der Waals surface area contributed by atoms with Crippen molar-refractivity contribution in [2.75, 3.05) is 13.1 Å². The van der Waals surface area contributed by atoms with Crippen LogP contribution < -0.4 is 5.32 Å². The van der Waals surface area contributed by atoms with Crippen LogP contribution in [0.2, 0.25) is 0 Å². The molecule has 0 radical (unpaired) electrons. The first-order valence-electron chi connectivity index (χ1n) is 12.5. The number of nitrogens with zero attached hydrogens (tertiary/aromatic N) is 3. The van der Waals surface area contributed by atoms with Gasteiger partial charge >= 0.3 is 0 Å². The standard InChI is InChI=1S/C29H31N5O/c1-17-14-31-28-25(17)13-22(15-32-28)20-11-23-16-34(29(35)21-9-18(2)33-19(3)10-21)8-6-24(23)26(12-20)27-5-4-7-30-27/h9-15,27,30H,4-8,16H2,1-3H3,(H,31,32)/t27-/m0/s1. The molecule has 6 heteroatoms. The first-order valence-corrected chi connectivity index (χ1v) is 12.5. The maximum Gasteiger partial charge on any atom is 0.254 e. The summed E-state index contributed by atoms with van der Waals surface area (Å²) in [4.78, 5) is 27.8. The number of benzene rings is 1. The van der Waals surface area contributed by atoms with E-state index < -0.39 is 0 Å². The number of amides is 1. The molecule has 3 aromatic heterocycles. The fraction of sp³-hybridized carbons (Fsp3) is 0.345. The number of aromatic amines is 1. The Kier molecular flexibility index (Phi) is 5.41. The first kappa shape index (κ1) is 22.0. The molecule has 0 unspecified atom stereocenters. The summed E-state index contributed by atoms with van der Waals surface area (Å²) >= 11 is 0. The van der Waals surface area contributed by atoms with Gasteiger partial charge in [-0.25, -0.2) is 4.98 Å². The van der Waals surface area contributed by atoms with Gasteiger partial charge in [-0.1, -0.05) is 0 Å². The number of H-pyrrole nitrogens is 1. The minimum Gasteiger partial charge on any atom is -0.346 e. The average molecular weight is 466 g/mol. The Morgan fingerprint density at radius 1 is 1.06 bits per heavy atom. The van der Waals surface area contributed by atoms with Gasteiger partial charge in [0.15, 0.2) is 0 Å². The lowest BCUT2D eigenvalue weighted by atomic mass is 9.86. The van der Waals surface area contributed by atoms with Crippen molar-refractivity contribution >= 4 is 16.9 Å². The zero-order valence-electron chi connectivity index (χ0n) is 20.6. The molecule has 0 aliphatic carbocycles. The molecule has 1 saturated heterocycles. The number of fused-ring (bicyclic) bond motifs is 2. The minimum atomic E-state index is 0.0845. The smallest absolute Gasteiger partial charge is 0.254 e. The van der Waals surface area contributed by atoms with Crippen molar-refractivity contribution in [2.45, 2.75) is 52.6 Å². The van der Waals surface area contributed by atoms with E-state index in [2.05, 4.69) is 45.4 Å². The summed E-state index contributed by atoms with van der Waals surface area (Å²) in [5.74, 6) is 0.0845. The van der Waals surface area contributed by atoms with Crippen LogP contribution in [0.15, 0.2) is 42.7 Å². The van der Waals surface area contributed by atoms with Crippen molar-refractivity contribution in [3.63, 3.8) is 0 Å². The van der Waals surface area contributed by atoms with Crippen LogP contribution in [0.1, 0.15) is 62.9 Å². The minimum absolute atomic E-state index is 0.0845. The van der Waals surface area contributed by atoms with E-state index in [9.17, 15) is 4.79 Å². The summed E-state index contributed by atoms with van der Waals surface area (Å²) in [6.45, 7) is 8.42. The van der Waals surface area contributed by atoms with Gasteiger partial charge in [-0.15, -0.1) is 0 Å². The molecule has 1 fully saturated rings. The van der Waals surface area contributed by atoms with E-state index in [0.29, 0.717) is 12.6 Å². The van der Waals surface area contributed by atoms with Gasteiger partial charge < -0.3 is 15.2 Å². The van der Waals surface area contributed by atoms with Crippen LogP contribution in [0.4, 0.5) is 0 Å². The highest BCUT2D eigenvalue weighted by atomic mass is 16.2. The molecule has 2 aliphatic rings. The molecular weight excluding hydrogens is 434 g/mol. The predicted octanol–water partition coefficient (Wildman–Crippen LogP) is 5.17. The Bertz CT molecular complexity index is 1430. The third kappa shape index (κ3) is 4.02. The van der Waals surface area contributed by atoms with Gasteiger partial charge in [0, 0.05) is 59.4 Å². The van der Waals surface area contributed by atoms with Crippen LogP contribution in [-0.4, -0.2) is 38.8 Å². The van der Waals surface area contributed by atoms with Crippen LogP contribution in [0.5, 0.6) is 0 Å². The molecule has 178 valence electrons. The number of rotatable bonds is 3. The number of hydrogen-bond acceptors (Lipinski definition) is 4. The van der Waals surface area contributed by atoms with Gasteiger partial charge in [0.2, 0.25) is 0 Å². The predicted molar refractivity (Wildman–Crippen MR) is 138 cm³/mol. The molecule has 1 amide bonds. The molecule has 35 heavy (non-hydrogen) atoms. The lowest BCUT2D eigenvalue weighted by Gasteiger charge is -2.32. The lowest BCUT2D eigenvalue weighted by molar-refractivity contribution is 0.0734. The van der Waals surface area contributed by atoms with E-state index in [1.807, 2.05) is 43.3 Å². The average Bonchev–Trinajstić information content (AvgIpc) is 3.52. The largest absolute Gasteiger partial charge is 0.346 e. The van der Waals surface area contributed by atoms with Gasteiger partial charge in [-0.2, -0.15) is 0 Å². The maximum absolute atomic E-state index is 13.4. The molecule has 6 nitrogen and oxygen atoms in total. The highest BCUT2D eigenvalue weighted by Gasteiger charge is 2.28. The van der Waals surface area contributed by atoms with E-state index >= 15 is 0 Å². The number of carbonyl (C=O) groups is 1. The van der Waals surface area contributed by atoms with Crippen molar-refractivity contribution in [2.24, 2.45) is 0 Å². The Hall–Kier alpha value is -3.51. The van der Waals surface area contributed by atoms with Gasteiger partial charge in [0.25, 0.3) is 5.91 Å². The number of aryl methyl sites for hydroxylation is 3. The molecule has 1 atom stereocenters. The van der Waals surface area contributed by atoms with E-state index in [4.69, 9.17) is 0 Å². The van der Waals surface area contributed by atoms with Gasteiger partial charge in [-0.05, 0) is 105 Å². The van der Waals surface area contributed by atoms with E-state index in [0.717, 1.165) is 59.5 Å². The van der Waals surface area contributed by atoms with Gasteiger partial charge in [0.1, 0.15) is 5.65 Å². The van der Waals surface area contributed by atoms with Gasteiger partial charge in [0.05, 0.1) is 0 Å². The molecule has 2 N–H and O–H groups in total. The number of aromatic nitrogens is 3. The topological polar surface area (TPSA) is 73.9 Å². The number of carbonyl (C=O) groups excluding carboxylic acids is 1. The highest BCUT2D eigenvalue weighted by molar-refractivity contribution is 5.94. The summed E-state index contributed by atoms with van der Waals surface area (Å²) in [6, 6.07) is 11.0. The van der Waals surface area contributed by atoms with E-state index in [1.54, 1.807) is 0 Å². The second kappa shape index (κ2) is 8.61. The van der Waals surface area contributed by atoms with Crippen LogP contribution in [0.25, 0.3) is 22.2 Å². The monoisotopic (exact) mass is 465 g/mol. The van der Waals surface area contributed by atoms with Crippen molar-refractivity contribution in [1.82, 2.24) is 25.2 Å². The third-order valence-electron chi connectivity index (χ3n) is 7.49. The molecule has 5 heterocycles. The van der Waals surface area contributed by atoms with Crippen LogP contribution in [0.3, 0.4) is 0 Å². The van der Waals surface area contributed by atoms with E-state index in [-0.39, 0.29) is 5.91 Å². The van der Waals surface area contributed by atoms with Gasteiger partial charge in [-0.3, -0.25) is 9.78 Å². The summed E-state index contributed by atoms with van der Waals surface area (Å²) < 4.78 is 0. The zero-order chi connectivity index (χ0) is 24.1. The third-order valence-corrected chi connectivity index (χ3v) is 7.49. The number of pyridine rings is 2. The Morgan fingerprint density at radius 2 is 1.89 bits per heavy atom. The summed E-state index contributed by atoms with van der Waals surface area (Å²) in [5.41, 5.74) is 10.9. The highest BCUT2D eigenvalue weighted by Crippen LogP contribution is 2.36. The normalized spacial score (nSPS) is 17.7. The molecule has 4 aromatic rings.